The highest BCUT2D eigenvalue weighted by atomic mass is 16.6. The van der Waals surface area contributed by atoms with Gasteiger partial charge in [0, 0.05) is 31.1 Å². The van der Waals surface area contributed by atoms with Crippen LogP contribution in [0.3, 0.4) is 0 Å². The van der Waals surface area contributed by atoms with Crippen molar-refractivity contribution in [2.75, 3.05) is 13.2 Å². The molecule has 21 heavy (non-hydrogen) atoms. The van der Waals surface area contributed by atoms with Crippen molar-refractivity contribution in [3.05, 3.63) is 39.4 Å². The molecular formula is C15H20N2O4. The molecule has 0 bridgehead atoms. The third-order valence-electron chi connectivity index (χ3n) is 3.80. The van der Waals surface area contributed by atoms with E-state index >= 15 is 0 Å². The summed E-state index contributed by atoms with van der Waals surface area (Å²) in [5.41, 5.74) is 2.13. The second kappa shape index (κ2) is 6.67. The van der Waals surface area contributed by atoms with Gasteiger partial charge in [-0.2, -0.15) is 0 Å². The van der Waals surface area contributed by atoms with E-state index in [2.05, 4.69) is 12.2 Å². The minimum atomic E-state index is -0.387. The second-order valence-corrected chi connectivity index (χ2v) is 5.28. The van der Waals surface area contributed by atoms with E-state index in [1.54, 1.807) is 19.1 Å². The fraction of sp³-hybridized carbons (Fsp3) is 0.533. The number of nitro benzene ring substituents is 1. The number of nitro groups is 1. The smallest absolute Gasteiger partial charge is 0.305 e. The van der Waals surface area contributed by atoms with E-state index in [0.717, 1.165) is 17.7 Å². The summed E-state index contributed by atoms with van der Waals surface area (Å²) in [6.45, 7) is 5.03. The third kappa shape index (κ3) is 3.58. The Bertz CT molecular complexity index is 544. The Hall–Kier alpha value is -1.95. The van der Waals surface area contributed by atoms with Gasteiger partial charge < -0.3 is 10.1 Å². The molecule has 1 aromatic carbocycles. The maximum absolute atomic E-state index is 11.5. The molecule has 2 atom stereocenters. The summed E-state index contributed by atoms with van der Waals surface area (Å²) in [6, 6.07) is 4.95. The van der Waals surface area contributed by atoms with Gasteiger partial charge in [-0.05, 0) is 30.4 Å². The van der Waals surface area contributed by atoms with Gasteiger partial charge in [0.1, 0.15) is 0 Å². The minimum Gasteiger partial charge on any atom is -0.466 e. The first-order chi connectivity index (χ1) is 10.0. The molecule has 114 valence electrons. The van der Waals surface area contributed by atoms with Crippen LogP contribution in [0.15, 0.2) is 18.2 Å². The Balaban J connectivity index is 2.18. The van der Waals surface area contributed by atoms with Crippen molar-refractivity contribution in [1.82, 2.24) is 5.32 Å². The maximum atomic E-state index is 11.5. The number of esters is 1. The topological polar surface area (TPSA) is 81.5 Å². The van der Waals surface area contributed by atoms with E-state index in [-0.39, 0.29) is 22.6 Å². The molecule has 0 saturated heterocycles. The highest BCUT2D eigenvalue weighted by molar-refractivity contribution is 5.69. The van der Waals surface area contributed by atoms with Crippen molar-refractivity contribution >= 4 is 11.7 Å². The van der Waals surface area contributed by atoms with Crippen LogP contribution in [0.25, 0.3) is 0 Å². The van der Waals surface area contributed by atoms with E-state index in [9.17, 15) is 14.9 Å². The summed E-state index contributed by atoms with van der Waals surface area (Å²) in [4.78, 5) is 22.0. The third-order valence-corrected chi connectivity index (χ3v) is 3.80. The Labute approximate surface area is 123 Å². The number of nitrogens with zero attached hydrogens (tertiary/aromatic N) is 1. The summed E-state index contributed by atoms with van der Waals surface area (Å²) >= 11 is 0. The zero-order valence-corrected chi connectivity index (χ0v) is 12.3. The lowest BCUT2D eigenvalue weighted by Gasteiger charge is -2.30. The molecule has 2 unspecified atom stereocenters. The number of ether oxygens (including phenoxy) is 1. The van der Waals surface area contributed by atoms with Crippen molar-refractivity contribution in [3.63, 3.8) is 0 Å². The summed E-state index contributed by atoms with van der Waals surface area (Å²) in [5.74, 6) is 0.0737. The van der Waals surface area contributed by atoms with Crippen LogP contribution in [0.2, 0.25) is 0 Å². The van der Waals surface area contributed by atoms with Gasteiger partial charge in [0.05, 0.1) is 11.5 Å². The highest BCUT2D eigenvalue weighted by Gasteiger charge is 2.26. The fourth-order valence-electron chi connectivity index (χ4n) is 2.72. The summed E-state index contributed by atoms with van der Waals surface area (Å²) in [6.07, 6.45) is 0.891. The zero-order valence-electron chi connectivity index (χ0n) is 12.3. The average Bonchev–Trinajstić information content (AvgIpc) is 2.46. The number of fused-ring (bicyclic) bond motifs is 1. The molecule has 6 heteroatoms. The van der Waals surface area contributed by atoms with E-state index in [0.29, 0.717) is 25.4 Å². The molecule has 0 aliphatic carbocycles. The SMILES string of the molecule is CCOC(=O)CCC1NCC(C)c2ccc([N+](=O)[O-])cc21. The molecule has 1 aromatic rings. The van der Waals surface area contributed by atoms with Crippen molar-refractivity contribution in [3.8, 4) is 0 Å². The number of carbonyl (C=O) groups is 1. The quantitative estimate of drug-likeness (QED) is 0.512. The fourth-order valence-corrected chi connectivity index (χ4v) is 2.72. The lowest BCUT2D eigenvalue weighted by atomic mass is 9.85. The van der Waals surface area contributed by atoms with Gasteiger partial charge in [0.15, 0.2) is 0 Å². The molecule has 1 heterocycles. The molecule has 0 aromatic heterocycles. The van der Waals surface area contributed by atoms with Crippen molar-refractivity contribution in [2.24, 2.45) is 0 Å². The van der Waals surface area contributed by atoms with Gasteiger partial charge in [-0.25, -0.2) is 0 Å². The van der Waals surface area contributed by atoms with Crippen molar-refractivity contribution < 1.29 is 14.5 Å². The molecule has 0 amide bonds. The van der Waals surface area contributed by atoms with E-state index in [1.165, 1.54) is 0 Å². The summed E-state index contributed by atoms with van der Waals surface area (Å²) in [7, 11) is 0. The molecule has 0 saturated carbocycles. The van der Waals surface area contributed by atoms with Crippen LogP contribution in [0.4, 0.5) is 5.69 Å². The lowest BCUT2D eigenvalue weighted by Crippen LogP contribution is -2.32. The van der Waals surface area contributed by atoms with Gasteiger partial charge >= 0.3 is 5.97 Å². The largest absolute Gasteiger partial charge is 0.466 e. The van der Waals surface area contributed by atoms with Gasteiger partial charge in [0.25, 0.3) is 5.69 Å². The van der Waals surface area contributed by atoms with E-state index in [4.69, 9.17) is 4.74 Å². The average molecular weight is 292 g/mol. The second-order valence-electron chi connectivity index (χ2n) is 5.28. The first-order valence-corrected chi connectivity index (χ1v) is 7.20. The highest BCUT2D eigenvalue weighted by Crippen LogP contribution is 2.34. The Morgan fingerprint density at radius 2 is 2.24 bits per heavy atom. The zero-order chi connectivity index (χ0) is 15.4. The normalized spacial score (nSPS) is 20.7. The molecule has 1 aliphatic rings. The Morgan fingerprint density at radius 3 is 2.90 bits per heavy atom. The first-order valence-electron chi connectivity index (χ1n) is 7.20. The first kappa shape index (κ1) is 15.4. The van der Waals surface area contributed by atoms with Gasteiger partial charge in [-0.3, -0.25) is 14.9 Å². The predicted molar refractivity (Wildman–Crippen MR) is 78.1 cm³/mol. The monoisotopic (exact) mass is 292 g/mol. The van der Waals surface area contributed by atoms with Gasteiger partial charge in [0.2, 0.25) is 0 Å². The molecule has 1 N–H and O–H groups in total. The van der Waals surface area contributed by atoms with Crippen molar-refractivity contribution in [2.45, 2.75) is 38.6 Å². The molecule has 2 rings (SSSR count). The molecule has 6 nitrogen and oxygen atoms in total. The number of non-ortho nitro benzene ring substituents is 1. The molecule has 0 radical (unpaired) electrons. The molecule has 1 aliphatic heterocycles. The van der Waals surface area contributed by atoms with Gasteiger partial charge in [-0.1, -0.05) is 13.0 Å². The van der Waals surface area contributed by atoms with Crippen LogP contribution >= 0.6 is 0 Å². The number of benzene rings is 1. The maximum Gasteiger partial charge on any atom is 0.305 e. The lowest BCUT2D eigenvalue weighted by molar-refractivity contribution is -0.385. The van der Waals surface area contributed by atoms with E-state index in [1.807, 2.05) is 6.07 Å². The standard InChI is InChI=1S/C15H20N2O4/c1-3-21-15(18)7-6-14-13-8-11(17(19)20)4-5-12(13)10(2)9-16-14/h4-5,8,10,14,16H,3,6-7,9H2,1-2H3. The Morgan fingerprint density at radius 1 is 1.48 bits per heavy atom. The van der Waals surface area contributed by atoms with Crippen LogP contribution in [0.1, 0.15) is 49.8 Å². The number of nitrogens with one attached hydrogen (secondary N) is 1. The number of carbonyl (C=O) groups excluding carboxylic acids is 1. The molecular weight excluding hydrogens is 272 g/mol. The predicted octanol–water partition coefficient (Wildman–Crippen LogP) is 2.69. The molecule has 0 spiro atoms. The van der Waals surface area contributed by atoms with E-state index < -0.39 is 0 Å². The van der Waals surface area contributed by atoms with Crippen LogP contribution in [-0.4, -0.2) is 24.0 Å². The van der Waals surface area contributed by atoms with Crippen LogP contribution < -0.4 is 5.32 Å². The summed E-state index contributed by atoms with van der Waals surface area (Å²) < 4.78 is 4.93. The van der Waals surface area contributed by atoms with Crippen LogP contribution in [0, 0.1) is 10.1 Å². The minimum absolute atomic E-state index is 0.0412. The summed E-state index contributed by atoms with van der Waals surface area (Å²) in [5, 5.41) is 14.3. The van der Waals surface area contributed by atoms with Crippen LogP contribution in [-0.2, 0) is 9.53 Å². The van der Waals surface area contributed by atoms with Gasteiger partial charge in [-0.15, -0.1) is 0 Å². The number of rotatable bonds is 5. The number of hydrogen-bond donors (Lipinski definition) is 1. The van der Waals surface area contributed by atoms with Crippen LogP contribution in [0.5, 0.6) is 0 Å². The molecule has 0 fully saturated rings. The van der Waals surface area contributed by atoms with Crippen molar-refractivity contribution in [1.29, 1.82) is 0 Å². The number of hydrogen-bond acceptors (Lipinski definition) is 5. The Kier molecular flexibility index (Phi) is 4.90.